The van der Waals surface area contributed by atoms with Gasteiger partial charge in [0.25, 0.3) is 0 Å². The zero-order valence-corrected chi connectivity index (χ0v) is 11.1. The molecule has 0 saturated heterocycles. The number of rotatable bonds is 4. The molecule has 3 unspecified atom stereocenters. The first kappa shape index (κ1) is 11.8. The van der Waals surface area contributed by atoms with Gasteiger partial charge >= 0.3 is 0 Å². The van der Waals surface area contributed by atoms with Crippen LogP contribution in [0.4, 0.5) is 0 Å². The molecule has 0 radical (unpaired) electrons. The summed E-state index contributed by atoms with van der Waals surface area (Å²) in [6.45, 7) is 5.33. The molecule has 3 N–H and O–H groups in total. The summed E-state index contributed by atoms with van der Waals surface area (Å²) in [6.07, 6.45) is 6.89. The van der Waals surface area contributed by atoms with Crippen molar-refractivity contribution in [2.45, 2.75) is 39.5 Å². The van der Waals surface area contributed by atoms with Gasteiger partial charge in [-0.1, -0.05) is 30.7 Å². The Morgan fingerprint density at radius 2 is 2.39 bits per heavy atom. The molecule has 1 saturated carbocycles. The van der Waals surface area contributed by atoms with Crippen LogP contribution < -0.4 is 5.73 Å². The van der Waals surface area contributed by atoms with E-state index in [1.165, 1.54) is 12.8 Å². The number of nitrogens with one attached hydrogen (secondary N) is 1. The second kappa shape index (κ2) is 3.88. The lowest BCUT2D eigenvalue weighted by atomic mass is 9.46. The average Bonchev–Trinajstić information content (AvgIpc) is 2.94. The van der Waals surface area contributed by atoms with Crippen LogP contribution >= 0.6 is 0 Å². The lowest BCUT2D eigenvalue weighted by molar-refractivity contribution is -0.0711. The Kier molecular flexibility index (Phi) is 2.55. The van der Waals surface area contributed by atoms with Gasteiger partial charge in [-0.2, -0.15) is 5.21 Å². The second-order valence-electron chi connectivity index (χ2n) is 6.24. The number of H-pyrrole nitrogens is 1. The Morgan fingerprint density at radius 1 is 1.56 bits per heavy atom. The highest BCUT2D eigenvalue weighted by atomic mass is 15.5. The van der Waals surface area contributed by atoms with Gasteiger partial charge < -0.3 is 5.73 Å². The summed E-state index contributed by atoms with van der Waals surface area (Å²) in [5.41, 5.74) is 8.23. The minimum atomic E-state index is 0.148. The normalized spacial score (nSPS) is 38.2. The molecule has 3 atom stereocenters. The molecule has 1 aromatic rings. The molecule has 98 valence electrons. The molecule has 18 heavy (non-hydrogen) atoms. The van der Waals surface area contributed by atoms with Gasteiger partial charge in [0.1, 0.15) is 0 Å². The molecule has 2 aliphatic carbocycles. The summed E-state index contributed by atoms with van der Waals surface area (Å²) in [5.74, 6) is 1.38. The number of aromatic nitrogens is 4. The van der Waals surface area contributed by atoms with Crippen LogP contribution in [0.15, 0.2) is 11.6 Å². The van der Waals surface area contributed by atoms with Crippen molar-refractivity contribution in [3.63, 3.8) is 0 Å². The van der Waals surface area contributed by atoms with Crippen LogP contribution in [0.25, 0.3) is 0 Å². The van der Waals surface area contributed by atoms with Gasteiger partial charge in [0, 0.05) is 6.42 Å². The third-order valence-electron chi connectivity index (χ3n) is 4.96. The second-order valence-corrected chi connectivity index (χ2v) is 6.24. The Balaban J connectivity index is 1.84. The lowest BCUT2D eigenvalue weighted by Gasteiger charge is -2.58. The van der Waals surface area contributed by atoms with E-state index in [4.69, 9.17) is 5.73 Å². The number of fused-ring (bicyclic) bond motifs is 1. The number of nitrogens with zero attached hydrogens (tertiary/aromatic N) is 3. The van der Waals surface area contributed by atoms with E-state index in [0.29, 0.717) is 17.9 Å². The smallest absolute Gasteiger partial charge is 0.175 e. The molecular weight excluding hydrogens is 226 g/mol. The van der Waals surface area contributed by atoms with E-state index in [2.05, 4.69) is 40.5 Å². The number of hydrogen-bond acceptors (Lipinski definition) is 4. The molecule has 0 spiro atoms. The molecule has 5 nitrogen and oxygen atoms in total. The van der Waals surface area contributed by atoms with Gasteiger partial charge in [-0.05, 0) is 42.6 Å². The van der Waals surface area contributed by atoms with Crippen LogP contribution in [0.3, 0.4) is 0 Å². The molecule has 3 rings (SSSR count). The highest BCUT2D eigenvalue weighted by Crippen LogP contribution is 2.66. The van der Waals surface area contributed by atoms with Crippen molar-refractivity contribution in [2.24, 2.45) is 22.5 Å². The Labute approximate surface area is 107 Å². The standard InChI is InChI=1S/C13H21N5/c1-3-9-4-10-12(2,5-9)7-13(10,8-14)6-11-15-17-18-16-11/h4,10H,3,5-8,14H2,1-2H3,(H,15,16,17,18). The molecule has 0 bridgehead atoms. The van der Waals surface area contributed by atoms with E-state index < -0.39 is 0 Å². The maximum absolute atomic E-state index is 6.07. The van der Waals surface area contributed by atoms with E-state index in [0.717, 1.165) is 18.7 Å². The number of tetrazole rings is 1. The van der Waals surface area contributed by atoms with Gasteiger partial charge in [0.05, 0.1) is 0 Å². The fourth-order valence-electron chi connectivity index (χ4n) is 4.25. The first-order chi connectivity index (χ1) is 8.62. The first-order valence-electron chi connectivity index (χ1n) is 6.74. The molecule has 0 amide bonds. The van der Waals surface area contributed by atoms with Crippen molar-refractivity contribution >= 4 is 0 Å². The van der Waals surface area contributed by atoms with Crippen molar-refractivity contribution < 1.29 is 0 Å². The van der Waals surface area contributed by atoms with Crippen molar-refractivity contribution in [2.75, 3.05) is 6.54 Å². The minimum absolute atomic E-state index is 0.148. The van der Waals surface area contributed by atoms with Gasteiger partial charge in [0.2, 0.25) is 0 Å². The molecule has 1 fully saturated rings. The van der Waals surface area contributed by atoms with E-state index in [1.54, 1.807) is 5.57 Å². The monoisotopic (exact) mass is 247 g/mol. The summed E-state index contributed by atoms with van der Waals surface area (Å²) in [6, 6.07) is 0. The van der Waals surface area contributed by atoms with E-state index in [-0.39, 0.29) is 5.41 Å². The van der Waals surface area contributed by atoms with Crippen molar-refractivity contribution in [3.05, 3.63) is 17.5 Å². The SMILES string of the molecule is CCC1=CC2C(C)(C1)CC2(CN)Cc1nn[nH]n1. The summed E-state index contributed by atoms with van der Waals surface area (Å²) in [7, 11) is 0. The van der Waals surface area contributed by atoms with Crippen LogP contribution in [0.5, 0.6) is 0 Å². The van der Waals surface area contributed by atoms with Gasteiger partial charge in [0.15, 0.2) is 5.82 Å². The Bertz CT molecular complexity index is 466. The third-order valence-corrected chi connectivity index (χ3v) is 4.96. The third kappa shape index (κ3) is 1.53. The van der Waals surface area contributed by atoms with Gasteiger partial charge in [-0.15, -0.1) is 10.2 Å². The summed E-state index contributed by atoms with van der Waals surface area (Å²) >= 11 is 0. The highest BCUT2D eigenvalue weighted by molar-refractivity contribution is 5.28. The molecule has 0 aromatic carbocycles. The molecule has 5 heteroatoms. The fourth-order valence-corrected chi connectivity index (χ4v) is 4.25. The number of allylic oxidation sites excluding steroid dienone is 2. The maximum atomic E-state index is 6.07. The minimum Gasteiger partial charge on any atom is -0.330 e. The zero-order valence-electron chi connectivity index (χ0n) is 11.1. The number of nitrogens with two attached hydrogens (primary N) is 1. The molecule has 1 aromatic heterocycles. The van der Waals surface area contributed by atoms with Crippen LogP contribution in [-0.2, 0) is 6.42 Å². The maximum Gasteiger partial charge on any atom is 0.175 e. The predicted octanol–water partition coefficient (Wildman–Crippen LogP) is 1.45. The average molecular weight is 247 g/mol. The fraction of sp³-hybridized carbons (Fsp3) is 0.769. The van der Waals surface area contributed by atoms with E-state index in [1.807, 2.05) is 0 Å². The van der Waals surface area contributed by atoms with Crippen molar-refractivity contribution in [3.8, 4) is 0 Å². The van der Waals surface area contributed by atoms with Gasteiger partial charge in [-0.25, -0.2) is 0 Å². The largest absolute Gasteiger partial charge is 0.330 e. The summed E-state index contributed by atoms with van der Waals surface area (Å²) in [5, 5.41) is 14.3. The molecule has 0 aliphatic heterocycles. The summed E-state index contributed by atoms with van der Waals surface area (Å²) in [4.78, 5) is 0. The van der Waals surface area contributed by atoms with E-state index >= 15 is 0 Å². The predicted molar refractivity (Wildman–Crippen MR) is 68.6 cm³/mol. The topological polar surface area (TPSA) is 80.5 Å². The quantitative estimate of drug-likeness (QED) is 0.789. The molecule has 1 heterocycles. The molecular formula is C13H21N5. The van der Waals surface area contributed by atoms with Crippen LogP contribution in [0.2, 0.25) is 0 Å². The Morgan fingerprint density at radius 3 is 3.00 bits per heavy atom. The van der Waals surface area contributed by atoms with Crippen molar-refractivity contribution in [1.29, 1.82) is 0 Å². The number of hydrogen-bond donors (Lipinski definition) is 2. The van der Waals surface area contributed by atoms with Crippen LogP contribution in [-0.4, -0.2) is 27.2 Å². The van der Waals surface area contributed by atoms with Crippen molar-refractivity contribution in [1.82, 2.24) is 20.6 Å². The summed E-state index contributed by atoms with van der Waals surface area (Å²) < 4.78 is 0. The number of aromatic amines is 1. The zero-order chi connectivity index (χ0) is 12.8. The molecule has 2 aliphatic rings. The van der Waals surface area contributed by atoms with E-state index in [9.17, 15) is 0 Å². The lowest BCUT2D eigenvalue weighted by Crippen LogP contribution is -2.57. The van der Waals surface area contributed by atoms with Crippen LogP contribution in [0.1, 0.15) is 38.9 Å². The van der Waals surface area contributed by atoms with Crippen LogP contribution in [0, 0.1) is 16.7 Å². The highest BCUT2D eigenvalue weighted by Gasteiger charge is 2.61. The Hall–Kier alpha value is -1.23. The first-order valence-corrected chi connectivity index (χ1v) is 6.74. The van der Waals surface area contributed by atoms with Gasteiger partial charge in [-0.3, -0.25) is 0 Å².